The Bertz CT molecular complexity index is 513. The smallest absolute Gasteiger partial charge is 0.221 e. The number of hydrogen-bond acceptors (Lipinski definition) is 3. The Morgan fingerprint density at radius 2 is 2.06 bits per heavy atom. The van der Waals surface area contributed by atoms with Gasteiger partial charge >= 0.3 is 0 Å². The lowest BCUT2D eigenvalue weighted by atomic mass is 10.2. The van der Waals surface area contributed by atoms with Crippen LogP contribution in [0.1, 0.15) is 11.3 Å². The molecule has 0 bridgehead atoms. The number of aryl methyl sites for hydroxylation is 1. The molecule has 1 aromatic carbocycles. The minimum absolute atomic E-state index is 0.402. The predicted molar refractivity (Wildman–Crippen MR) is 73.5 cm³/mol. The summed E-state index contributed by atoms with van der Waals surface area (Å²) in [5, 5.41) is 4.23. The lowest BCUT2D eigenvalue weighted by molar-refractivity contribution is 0.897. The maximum atomic E-state index is 5.67. The van der Waals surface area contributed by atoms with Crippen LogP contribution in [0, 0.1) is 10.5 Å². The molecule has 0 aliphatic rings. The Morgan fingerprint density at radius 1 is 1.38 bits per heavy atom. The van der Waals surface area contributed by atoms with E-state index in [9.17, 15) is 0 Å². The van der Waals surface area contributed by atoms with Gasteiger partial charge < -0.3 is 5.73 Å². The van der Waals surface area contributed by atoms with Crippen LogP contribution in [-0.4, -0.2) is 15.9 Å². The van der Waals surface area contributed by atoms with Gasteiger partial charge in [0.05, 0.1) is 18.1 Å². The van der Waals surface area contributed by atoms with E-state index in [4.69, 9.17) is 5.73 Å². The SMILES string of the molecule is Cc1cn(N=Cc2ccc(I)cc2)c(N)n1. The van der Waals surface area contributed by atoms with Crippen molar-refractivity contribution in [3.05, 3.63) is 45.3 Å². The number of benzene rings is 1. The van der Waals surface area contributed by atoms with Gasteiger partial charge in [-0.1, -0.05) is 12.1 Å². The van der Waals surface area contributed by atoms with Crippen molar-refractivity contribution in [3.8, 4) is 0 Å². The van der Waals surface area contributed by atoms with Crippen molar-refractivity contribution >= 4 is 34.8 Å². The molecule has 2 aromatic rings. The molecule has 0 spiro atoms. The van der Waals surface area contributed by atoms with Crippen molar-refractivity contribution in [2.75, 3.05) is 5.73 Å². The van der Waals surface area contributed by atoms with E-state index in [0.29, 0.717) is 5.95 Å². The van der Waals surface area contributed by atoms with Gasteiger partial charge in [0.25, 0.3) is 0 Å². The van der Waals surface area contributed by atoms with Gasteiger partial charge in [0.15, 0.2) is 0 Å². The first-order valence-electron chi connectivity index (χ1n) is 4.76. The lowest BCUT2D eigenvalue weighted by Crippen LogP contribution is -1.96. The normalized spacial score (nSPS) is 11.1. The Hall–Kier alpha value is -1.37. The number of hydrogen-bond donors (Lipinski definition) is 1. The molecule has 4 nitrogen and oxygen atoms in total. The summed E-state index contributed by atoms with van der Waals surface area (Å²) in [4.78, 5) is 4.06. The first kappa shape index (κ1) is 11.1. The largest absolute Gasteiger partial charge is 0.368 e. The fourth-order valence-electron chi connectivity index (χ4n) is 1.27. The molecule has 82 valence electrons. The molecule has 0 unspecified atom stereocenters. The minimum Gasteiger partial charge on any atom is -0.368 e. The van der Waals surface area contributed by atoms with E-state index in [0.717, 1.165) is 11.3 Å². The zero-order valence-electron chi connectivity index (χ0n) is 8.76. The third-order valence-corrected chi connectivity index (χ3v) is 2.76. The van der Waals surface area contributed by atoms with Gasteiger partial charge in [-0.2, -0.15) is 5.10 Å². The fraction of sp³-hybridized carbons (Fsp3) is 0.0909. The summed E-state index contributed by atoms with van der Waals surface area (Å²) in [6, 6.07) is 8.07. The molecule has 0 aliphatic carbocycles. The van der Waals surface area contributed by atoms with Crippen molar-refractivity contribution in [1.29, 1.82) is 0 Å². The second kappa shape index (κ2) is 4.65. The molecule has 5 heteroatoms. The van der Waals surface area contributed by atoms with Gasteiger partial charge in [0.1, 0.15) is 0 Å². The van der Waals surface area contributed by atoms with Gasteiger partial charge in [0, 0.05) is 3.57 Å². The van der Waals surface area contributed by atoms with Gasteiger partial charge in [-0.05, 0) is 47.2 Å². The molecule has 0 radical (unpaired) electrons. The van der Waals surface area contributed by atoms with Crippen molar-refractivity contribution < 1.29 is 0 Å². The molecule has 16 heavy (non-hydrogen) atoms. The standard InChI is InChI=1S/C11H11IN4/c1-8-7-16(11(13)15-8)14-6-9-2-4-10(12)5-3-9/h2-7H,1H3,(H2,13,15). The average Bonchev–Trinajstić information content (AvgIpc) is 2.57. The molecule has 0 amide bonds. The number of nitrogens with two attached hydrogens (primary N) is 1. The lowest BCUT2D eigenvalue weighted by Gasteiger charge is -1.95. The highest BCUT2D eigenvalue weighted by Crippen LogP contribution is 2.06. The number of halogens is 1. The number of rotatable bonds is 2. The highest BCUT2D eigenvalue weighted by Gasteiger charge is 1.97. The van der Waals surface area contributed by atoms with Gasteiger partial charge in [0.2, 0.25) is 5.95 Å². The zero-order valence-corrected chi connectivity index (χ0v) is 10.9. The molecule has 2 N–H and O–H groups in total. The third-order valence-electron chi connectivity index (χ3n) is 2.04. The number of nitrogens with zero attached hydrogens (tertiary/aromatic N) is 3. The molecule has 0 saturated heterocycles. The van der Waals surface area contributed by atoms with Crippen molar-refractivity contribution in [3.63, 3.8) is 0 Å². The quantitative estimate of drug-likeness (QED) is 0.680. The molecule has 0 aliphatic heterocycles. The van der Waals surface area contributed by atoms with Gasteiger partial charge in [-0.15, -0.1) is 0 Å². The maximum Gasteiger partial charge on any atom is 0.221 e. The summed E-state index contributed by atoms with van der Waals surface area (Å²) < 4.78 is 2.76. The van der Waals surface area contributed by atoms with Crippen LogP contribution in [0.5, 0.6) is 0 Å². The van der Waals surface area contributed by atoms with Crippen LogP contribution in [0.15, 0.2) is 35.6 Å². The van der Waals surface area contributed by atoms with Crippen LogP contribution in [0.25, 0.3) is 0 Å². The summed E-state index contributed by atoms with van der Waals surface area (Å²) in [6.45, 7) is 1.88. The maximum absolute atomic E-state index is 5.67. The van der Waals surface area contributed by atoms with E-state index in [1.165, 1.54) is 3.57 Å². The van der Waals surface area contributed by atoms with Gasteiger partial charge in [-0.3, -0.25) is 0 Å². The highest BCUT2D eigenvalue weighted by molar-refractivity contribution is 14.1. The van der Waals surface area contributed by atoms with E-state index in [-0.39, 0.29) is 0 Å². The first-order chi connectivity index (χ1) is 7.65. The number of imidazole rings is 1. The number of nitrogen functional groups attached to an aromatic ring is 1. The third kappa shape index (κ3) is 2.60. The fourth-order valence-corrected chi connectivity index (χ4v) is 1.63. The summed E-state index contributed by atoms with van der Waals surface area (Å²) in [7, 11) is 0. The second-order valence-corrected chi connectivity index (χ2v) is 4.63. The van der Waals surface area contributed by atoms with E-state index in [2.05, 4.69) is 32.7 Å². The average molecular weight is 326 g/mol. The van der Waals surface area contributed by atoms with Crippen molar-refractivity contribution in [2.45, 2.75) is 6.92 Å². The number of aromatic nitrogens is 2. The van der Waals surface area contributed by atoms with Crippen LogP contribution in [-0.2, 0) is 0 Å². The molecule has 1 aromatic heterocycles. The summed E-state index contributed by atoms with van der Waals surface area (Å²) in [5.74, 6) is 0.402. The number of anilines is 1. The van der Waals surface area contributed by atoms with Crippen LogP contribution < -0.4 is 5.73 Å². The predicted octanol–water partition coefficient (Wildman–Crippen LogP) is 2.26. The Morgan fingerprint density at radius 3 is 2.62 bits per heavy atom. The van der Waals surface area contributed by atoms with Crippen molar-refractivity contribution in [1.82, 2.24) is 9.66 Å². The van der Waals surface area contributed by atoms with Crippen LogP contribution in [0.3, 0.4) is 0 Å². The minimum atomic E-state index is 0.402. The molecular weight excluding hydrogens is 315 g/mol. The Labute approximate surface area is 107 Å². The molecular formula is C11H11IN4. The summed E-state index contributed by atoms with van der Waals surface area (Å²) >= 11 is 2.27. The Balaban J connectivity index is 2.21. The van der Waals surface area contributed by atoms with Crippen LogP contribution in [0.4, 0.5) is 5.95 Å². The second-order valence-electron chi connectivity index (χ2n) is 3.38. The molecule has 0 fully saturated rings. The Kier molecular flexibility index (Phi) is 3.23. The van der Waals surface area contributed by atoms with E-state index < -0.39 is 0 Å². The molecule has 1 heterocycles. The van der Waals surface area contributed by atoms with Gasteiger partial charge in [-0.25, -0.2) is 9.66 Å². The molecule has 0 saturated carbocycles. The molecule has 2 rings (SSSR count). The summed E-state index contributed by atoms with van der Waals surface area (Å²) in [6.07, 6.45) is 3.55. The van der Waals surface area contributed by atoms with E-state index in [1.807, 2.05) is 31.2 Å². The van der Waals surface area contributed by atoms with E-state index in [1.54, 1.807) is 17.1 Å². The van der Waals surface area contributed by atoms with Crippen LogP contribution in [0.2, 0.25) is 0 Å². The molecule has 0 atom stereocenters. The zero-order chi connectivity index (χ0) is 11.5. The van der Waals surface area contributed by atoms with Crippen molar-refractivity contribution in [2.24, 2.45) is 5.10 Å². The highest BCUT2D eigenvalue weighted by atomic mass is 127. The summed E-state index contributed by atoms with van der Waals surface area (Å²) in [5.41, 5.74) is 7.56. The monoisotopic (exact) mass is 326 g/mol. The van der Waals surface area contributed by atoms with E-state index >= 15 is 0 Å². The topological polar surface area (TPSA) is 56.2 Å². The van der Waals surface area contributed by atoms with Crippen LogP contribution >= 0.6 is 22.6 Å². The first-order valence-corrected chi connectivity index (χ1v) is 5.84.